The molecule has 0 aliphatic rings. The summed E-state index contributed by atoms with van der Waals surface area (Å²) in [5, 5.41) is 0. The monoisotopic (exact) mass is 193 g/mol. The molecular formula is C11H15NO2. The summed E-state index contributed by atoms with van der Waals surface area (Å²) in [5.41, 5.74) is 5.61. The van der Waals surface area contributed by atoms with Crippen LogP contribution >= 0.6 is 0 Å². The van der Waals surface area contributed by atoms with Crippen molar-refractivity contribution in [3.8, 4) is 5.75 Å². The molecule has 1 rings (SSSR count). The number of hydrogen-bond acceptors (Lipinski definition) is 2. The minimum Gasteiger partial charge on any atom is -0.491 e. The number of primary amides is 1. The van der Waals surface area contributed by atoms with Crippen LogP contribution < -0.4 is 10.5 Å². The smallest absolute Gasteiger partial charge is 0.248 e. The second kappa shape index (κ2) is 4.65. The lowest BCUT2D eigenvalue weighted by Crippen LogP contribution is -2.12. The molecule has 0 aliphatic heterocycles. The highest BCUT2D eigenvalue weighted by Crippen LogP contribution is 2.14. The van der Waals surface area contributed by atoms with Crippen molar-refractivity contribution in [1.82, 2.24) is 0 Å². The molecule has 0 bridgehead atoms. The van der Waals surface area contributed by atoms with Gasteiger partial charge in [-0.3, -0.25) is 4.79 Å². The van der Waals surface area contributed by atoms with E-state index >= 15 is 0 Å². The molecule has 14 heavy (non-hydrogen) atoms. The number of carbonyl (C=O) groups excluding carboxylic acids is 1. The van der Waals surface area contributed by atoms with E-state index in [0.717, 1.165) is 12.2 Å². The molecule has 0 saturated heterocycles. The lowest BCUT2D eigenvalue weighted by atomic mass is 10.2. The lowest BCUT2D eigenvalue weighted by Gasteiger charge is -2.12. The number of amides is 1. The van der Waals surface area contributed by atoms with Crippen LogP contribution in [0.4, 0.5) is 0 Å². The molecule has 0 radical (unpaired) electrons. The van der Waals surface area contributed by atoms with Crippen LogP contribution in [0.5, 0.6) is 5.75 Å². The molecule has 1 aromatic rings. The Morgan fingerprint density at radius 2 is 2.00 bits per heavy atom. The van der Waals surface area contributed by atoms with E-state index in [4.69, 9.17) is 10.5 Å². The van der Waals surface area contributed by atoms with Gasteiger partial charge in [-0.1, -0.05) is 6.92 Å². The Hall–Kier alpha value is -1.51. The predicted molar refractivity (Wildman–Crippen MR) is 55.3 cm³/mol. The van der Waals surface area contributed by atoms with Crippen molar-refractivity contribution in [2.24, 2.45) is 5.73 Å². The van der Waals surface area contributed by atoms with Crippen LogP contribution in [-0.4, -0.2) is 12.0 Å². The van der Waals surface area contributed by atoms with Gasteiger partial charge >= 0.3 is 0 Å². The summed E-state index contributed by atoms with van der Waals surface area (Å²) in [6.07, 6.45) is 1.15. The summed E-state index contributed by atoms with van der Waals surface area (Å²) in [7, 11) is 0. The van der Waals surface area contributed by atoms with Gasteiger partial charge in [0.1, 0.15) is 5.75 Å². The lowest BCUT2D eigenvalue weighted by molar-refractivity contribution is 0.100. The van der Waals surface area contributed by atoms with Crippen LogP contribution in [0.1, 0.15) is 30.6 Å². The van der Waals surface area contributed by atoms with Crippen LogP contribution in [0.15, 0.2) is 24.3 Å². The van der Waals surface area contributed by atoms with E-state index in [2.05, 4.69) is 6.92 Å². The van der Waals surface area contributed by atoms with E-state index in [1.165, 1.54) is 0 Å². The Balaban J connectivity index is 2.68. The van der Waals surface area contributed by atoms with Crippen molar-refractivity contribution in [1.29, 1.82) is 0 Å². The van der Waals surface area contributed by atoms with Crippen molar-refractivity contribution >= 4 is 5.91 Å². The van der Waals surface area contributed by atoms with E-state index in [0.29, 0.717) is 5.56 Å². The van der Waals surface area contributed by atoms with Gasteiger partial charge in [-0.2, -0.15) is 0 Å². The maximum atomic E-state index is 10.8. The molecule has 0 heterocycles. The highest BCUT2D eigenvalue weighted by Gasteiger charge is 2.02. The summed E-state index contributed by atoms with van der Waals surface area (Å²) in [5.74, 6) is 0.351. The first kappa shape index (κ1) is 10.6. The highest BCUT2D eigenvalue weighted by atomic mass is 16.5. The summed E-state index contributed by atoms with van der Waals surface area (Å²) in [4.78, 5) is 10.8. The van der Waals surface area contributed by atoms with E-state index in [-0.39, 0.29) is 6.10 Å². The Labute approximate surface area is 83.9 Å². The molecule has 1 unspecified atom stereocenters. The quantitative estimate of drug-likeness (QED) is 0.794. The number of rotatable bonds is 4. The minimum atomic E-state index is -0.417. The van der Waals surface area contributed by atoms with Crippen molar-refractivity contribution in [2.45, 2.75) is 26.4 Å². The molecule has 0 saturated carbocycles. The molecule has 76 valence electrons. The van der Waals surface area contributed by atoms with Crippen molar-refractivity contribution in [3.63, 3.8) is 0 Å². The summed E-state index contributed by atoms with van der Waals surface area (Å²) < 4.78 is 5.55. The number of carbonyl (C=O) groups is 1. The zero-order valence-electron chi connectivity index (χ0n) is 8.49. The van der Waals surface area contributed by atoms with Crippen LogP contribution in [-0.2, 0) is 0 Å². The Bertz CT molecular complexity index is 306. The Morgan fingerprint density at radius 1 is 1.43 bits per heavy atom. The van der Waals surface area contributed by atoms with E-state index in [9.17, 15) is 4.79 Å². The van der Waals surface area contributed by atoms with E-state index in [1.54, 1.807) is 24.3 Å². The standard InChI is InChI=1S/C11H15NO2/c1-3-8(2)14-10-6-4-9(5-7-10)11(12)13/h4-8H,3H2,1-2H3,(H2,12,13). The molecule has 1 atom stereocenters. The van der Waals surface area contributed by atoms with Crippen LogP contribution in [0, 0.1) is 0 Å². The Kier molecular flexibility index (Phi) is 3.51. The zero-order chi connectivity index (χ0) is 10.6. The van der Waals surface area contributed by atoms with E-state index < -0.39 is 5.91 Å². The maximum Gasteiger partial charge on any atom is 0.248 e. The highest BCUT2D eigenvalue weighted by molar-refractivity contribution is 5.92. The topological polar surface area (TPSA) is 52.3 Å². The maximum absolute atomic E-state index is 10.8. The molecule has 3 nitrogen and oxygen atoms in total. The van der Waals surface area contributed by atoms with Gasteiger partial charge in [0.25, 0.3) is 0 Å². The SMILES string of the molecule is CCC(C)Oc1ccc(C(N)=O)cc1. The molecule has 0 fully saturated rings. The second-order valence-corrected chi connectivity index (χ2v) is 3.23. The summed E-state index contributed by atoms with van der Waals surface area (Å²) in [6, 6.07) is 6.85. The number of hydrogen-bond donors (Lipinski definition) is 1. The summed E-state index contributed by atoms with van der Waals surface area (Å²) in [6.45, 7) is 4.06. The van der Waals surface area contributed by atoms with Gasteiger partial charge in [-0.15, -0.1) is 0 Å². The average molecular weight is 193 g/mol. The predicted octanol–water partition coefficient (Wildman–Crippen LogP) is 1.96. The van der Waals surface area contributed by atoms with Gasteiger partial charge in [0.15, 0.2) is 0 Å². The average Bonchev–Trinajstić information content (AvgIpc) is 2.18. The van der Waals surface area contributed by atoms with Crippen molar-refractivity contribution < 1.29 is 9.53 Å². The number of nitrogens with two attached hydrogens (primary N) is 1. The van der Waals surface area contributed by atoms with Crippen LogP contribution in [0.3, 0.4) is 0 Å². The fourth-order valence-electron chi connectivity index (χ4n) is 1.01. The molecule has 0 aromatic heterocycles. The third-order valence-corrected chi connectivity index (χ3v) is 2.05. The van der Waals surface area contributed by atoms with Gasteiger partial charge in [-0.05, 0) is 37.6 Å². The summed E-state index contributed by atoms with van der Waals surface area (Å²) >= 11 is 0. The molecule has 2 N–H and O–H groups in total. The number of ether oxygens (including phenoxy) is 1. The molecule has 0 spiro atoms. The zero-order valence-corrected chi connectivity index (χ0v) is 8.49. The van der Waals surface area contributed by atoms with Gasteiger partial charge in [-0.25, -0.2) is 0 Å². The first-order valence-electron chi connectivity index (χ1n) is 4.70. The van der Waals surface area contributed by atoms with Gasteiger partial charge in [0, 0.05) is 5.56 Å². The van der Waals surface area contributed by atoms with Crippen LogP contribution in [0.2, 0.25) is 0 Å². The molecular weight excluding hydrogens is 178 g/mol. The van der Waals surface area contributed by atoms with Crippen molar-refractivity contribution in [2.75, 3.05) is 0 Å². The first-order chi connectivity index (χ1) is 6.63. The molecule has 1 amide bonds. The Morgan fingerprint density at radius 3 is 2.43 bits per heavy atom. The molecule has 0 aliphatic carbocycles. The van der Waals surface area contributed by atoms with E-state index in [1.807, 2.05) is 6.92 Å². The fraction of sp³-hybridized carbons (Fsp3) is 0.364. The first-order valence-corrected chi connectivity index (χ1v) is 4.70. The van der Waals surface area contributed by atoms with Crippen molar-refractivity contribution in [3.05, 3.63) is 29.8 Å². The van der Waals surface area contributed by atoms with Gasteiger partial charge in [0.2, 0.25) is 5.91 Å². The third kappa shape index (κ3) is 2.76. The number of benzene rings is 1. The molecule has 1 aromatic carbocycles. The van der Waals surface area contributed by atoms with Crippen LogP contribution in [0.25, 0.3) is 0 Å². The van der Waals surface area contributed by atoms with Gasteiger partial charge < -0.3 is 10.5 Å². The molecule has 3 heteroatoms. The third-order valence-electron chi connectivity index (χ3n) is 2.05. The normalized spacial score (nSPS) is 12.1. The fourth-order valence-corrected chi connectivity index (χ4v) is 1.01. The largest absolute Gasteiger partial charge is 0.491 e. The second-order valence-electron chi connectivity index (χ2n) is 3.23. The van der Waals surface area contributed by atoms with Gasteiger partial charge in [0.05, 0.1) is 6.10 Å². The minimum absolute atomic E-state index is 0.189.